The first kappa shape index (κ1) is 19.5. The number of halogens is 3. The van der Waals surface area contributed by atoms with Gasteiger partial charge in [-0.1, -0.05) is 12.1 Å². The molecular weight excluding hydrogens is 375 g/mol. The van der Waals surface area contributed by atoms with E-state index in [1.165, 1.54) is 18.2 Å². The fourth-order valence-electron chi connectivity index (χ4n) is 2.85. The second kappa shape index (κ2) is 8.20. The van der Waals surface area contributed by atoms with Crippen molar-refractivity contribution in [3.8, 4) is 5.75 Å². The third-order valence-corrected chi connectivity index (χ3v) is 4.09. The van der Waals surface area contributed by atoms with E-state index in [1.807, 2.05) is 0 Å². The molecule has 0 aromatic heterocycles. The van der Waals surface area contributed by atoms with Crippen LogP contribution in [0.2, 0.25) is 0 Å². The van der Waals surface area contributed by atoms with Crippen LogP contribution in [0.4, 0.5) is 30.2 Å². The smallest absolute Gasteiger partial charge is 0.404 e. The van der Waals surface area contributed by atoms with Crippen molar-refractivity contribution in [3.63, 3.8) is 0 Å². The van der Waals surface area contributed by atoms with Crippen molar-refractivity contribution in [2.24, 2.45) is 0 Å². The minimum absolute atomic E-state index is 0.0536. The Morgan fingerprint density at radius 2 is 1.82 bits per heavy atom. The number of carbonyl (C=O) groups excluding carboxylic acids is 2. The van der Waals surface area contributed by atoms with Gasteiger partial charge in [0.15, 0.2) is 5.75 Å². The van der Waals surface area contributed by atoms with Crippen LogP contribution in [0, 0.1) is 0 Å². The van der Waals surface area contributed by atoms with Crippen molar-refractivity contribution in [1.82, 2.24) is 0 Å². The van der Waals surface area contributed by atoms with Gasteiger partial charge < -0.3 is 20.3 Å². The van der Waals surface area contributed by atoms with Gasteiger partial charge in [0.05, 0.1) is 12.2 Å². The number of rotatable bonds is 6. The third-order valence-electron chi connectivity index (χ3n) is 4.09. The van der Waals surface area contributed by atoms with Crippen LogP contribution in [0.1, 0.15) is 12.8 Å². The van der Waals surface area contributed by atoms with Crippen molar-refractivity contribution in [1.29, 1.82) is 0 Å². The summed E-state index contributed by atoms with van der Waals surface area (Å²) in [6.45, 7) is 0.429. The predicted molar refractivity (Wildman–Crippen MR) is 98.3 cm³/mol. The summed E-state index contributed by atoms with van der Waals surface area (Å²) in [6, 6.07) is 12.3. The Morgan fingerprint density at radius 1 is 1.11 bits per heavy atom. The number of nitrogens with zero attached hydrogens (tertiary/aromatic N) is 1. The zero-order valence-electron chi connectivity index (χ0n) is 14.8. The third kappa shape index (κ3) is 5.15. The van der Waals surface area contributed by atoms with E-state index in [2.05, 4.69) is 15.4 Å². The summed E-state index contributed by atoms with van der Waals surface area (Å²) in [6.07, 6.45) is -3.47. The minimum Gasteiger partial charge on any atom is -0.404 e. The molecule has 0 radical (unpaired) electrons. The number of para-hydroxylation sites is 2. The van der Waals surface area contributed by atoms with Gasteiger partial charge >= 0.3 is 6.36 Å². The second-order valence-electron chi connectivity index (χ2n) is 6.14. The van der Waals surface area contributed by atoms with E-state index >= 15 is 0 Å². The number of anilines is 3. The van der Waals surface area contributed by atoms with Crippen LogP contribution < -0.4 is 20.3 Å². The number of nitrogens with one attached hydrogen (secondary N) is 2. The van der Waals surface area contributed by atoms with Crippen LogP contribution in [-0.2, 0) is 9.59 Å². The lowest BCUT2D eigenvalue weighted by atomic mass is 10.2. The lowest BCUT2D eigenvalue weighted by molar-refractivity contribution is -0.274. The minimum atomic E-state index is -4.82. The molecule has 1 heterocycles. The maximum Gasteiger partial charge on any atom is 0.573 e. The van der Waals surface area contributed by atoms with Crippen LogP contribution in [0.3, 0.4) is 0 Å². The van der Waals surface area contributed by atoms with Gasteiger partial charge in [-0.15, -0.1) is 13.2 Å². The van der Waals surface area contributed by atoms with Crippen LogP contribution in [-0.4, -0.2) is 31.3 Å². The largest absolute Gasteiger partial charge is 0.573 e. The molecule has 1 saturated heterocycles. The van der Waals surface area contributed by atoms with E-state index < -0.39 is 18.0 Å². The Morgan fingerprint density at radius 3 is 2.46 bits per heavy atom. The number of hydrogen-bond donors (Lipinski definition) is 2. The first-order chi connectivity index (χ1) is 13.3. The summed E-state index contributed by atoms with van der Waals surface area (Å²) in [5.74, 6) is -0.782. The summed E-state index contributed by atoms with van der Waals surface area (Å²) in [4.78, 5) is 25.5. The summed E-state index contributed by atoms with van der Waals surface area (Å²) in [5, 5.41) is 5.27. The maximum atomic E-state index is 12.4. The maximum absolute atomic E-state index is 12.4. The van der Waals surface area contributed by atoms with Gasteiger partial charge in [0.1, 0.15) is 0 Å². The monoisotopic (exact) mass is 393 g/mol. The van der Waals surface area contributed by atoms with E-state index in [0.29, 0.717) is 18.7 Å². The molecule has 2 aromatic carbocycles. The average Bonchev–Trinajstić information content (AvgIpc) is 3.06. The molecule has 0 saturated carbocycles. The van der Waals surface area contributed by atoms with Gasteiger partial charge in [-0.05, 0) is 42.8 Å². The molecule has 6 nitrogen and oxygen atoms in total. The van der Waals surface area contributed by atoms with Gasteiger partial charge in [-0.2, -0.15) is 0 Å². The van der Waals surface area contributed by atoms with E-state index in [1.54, 1.807) is 29.2 Å². The predicted octanol–water partition coefficient (Wildman–Crippen LogP) is 3.76. The Kier molecular flexibility index (Phi) is 5.72. The highest BCUT2D eigenvalue weighted by atomic mass is 19.4. The Bertz CT molecular complexity index is 853. The highest BCUT2D eigenvalue weighted by Crippen LogP contribution is 2.29. The molecule has 9 heteroatoms. The standard InChI is InChI=1S/C19H18F3N3O3/c20-19(21,22)28-16-5-2-1-4-15(16)23-12-17(26)24-13-7-9-14(10-8-13)25-11-3-6-18(25)27/h1-2,4-5,7-10,23H,3,6,11-12H2,(H,24,26). The highest BCUT2D eigenvalue weighted by molar-refractivity contribution is 5.96. The molecule has 0 bridgehead atoms. The molecule has 2 N–H and O–H groups in total. The molecule has 0 unspecified atom stereocenters. The quantitative estimate of drug-likeness (QED) is 0.784. The number of carbonyl (C=O) groups is 2. The lowest BCUT2D eigenvalue weighted by Crippen LogP contribution is -2.24. The van der Waals surface area contributed by atoms with Crippen molar-refractivity contribution >= 4 is 28.9 Å². The Hall–Kier alpha value is -3.23. The van der Waals surface area contributed by atoms with Crippen LogP contribution >= 0.6 is 0 Å². The summed E-state index contributed by atoms with van der Waals surface area (Å²) in [7, 11) is 0. The number of ether oxygens (including phenoxy) is 1. The fraction of sp³-hybridized carbons (Fsp3) is 0.263. The molecule has 1 aliphatic heterocycles. The van der Waals surface area contributed by atoms with Gasteiger partial charge in [0.25, 0.3) is 0 Å². The lowest BCUT2D eigenvalue weighted by Gasteiger charge is -2.16. The Labute approximate surface area is 159 Å². The SMILES string of the molecule is O=C(CNc1ccccc1OC(F)(F)F)Nc1ccc(N2CCCC2=O)cc1. The number of benzene rings is 2. The number of amides is 2. The van der Waals surface area contributed by atoms with Gasteiger partial charge in [0.2, 0.25) is 11.8 Å². The summed E-state index contributed by atoms with van der Waals surface area (Å²) in [5.41, 5.74) is 1.33. The second-order valence-corrected chi connectivity index (χ2v) is 6.14. The van der Waals surface area contributed by atoms with E-state index in [0.717, 1.165) is 18.2 Å². The fourth-order valence-corrected chi connectivity index (χ4v) is 2.85. The molecular formula is C19H18F3N3O3. The Balaban J connectivity index is 1.56. The van der Waals surface area contributed by atoms with Crippen molar-refractivity contribution in [3.05, 3.63) is 48.5 Å². The number of alkyl halides is 3. The molecule has 1 fully saturated rings. The van der Waals surface area contributed by atoms with Gasteiger partial charge in [-0.25, -0.2) is 0 Å². The van der Waals surface area contributed by atoms with E-state index in [4.69, 9.17) is 0 Å². The van der Waals surface area contributed by atoms with Crippen molar-refractivity contribution in [2.75, 3.05) is 28.6 Å². The van der Waals surface area contributed by atoms with Crippen molar-refractivity contribution in [2.45, 2.75) is 19.2 Å². The molecule has 1 aliphatic rings. The zero-order chi connectivity index (χ0) is 20.1. The first-order valence-electron chi connectivity index (χ1n) is 8.61. The molecule has 0 aliphatic carbocycles. The molecule has 28 heavy (non-hydrogen) atoms. The van der Waals surface area contributed by atoms with Crippen LogP contribution in [0.5, 0.6) is 5.75 Å². The van der Waals surface area contributed by atoms with Gasteiger partial charge in [-0.3, -0.25) is 9.59 Å². The summed E-state index contributed by atoms with van der Waals surface area (Å²) < 4.78 is 41.2. The molecule has 2 aromatic rings. The molecule has 0 spiro atoms. The average molecular weight is 393 g/mol. The molecule has 148 valence electrons. The molecule has 3 rings (SSSR count). The number of hydrogen-bond acceptors (Lipinski definition) is 4. The zero-order valence-corrected chi connectivity index (χ0v) is 14.8. The first-order valence-corrected chi connectivity index (χ1v) is 8.61. The topological polar surface area (TPSA) is 70.7 Å². The van der Waals surface area contributed by atoms with E-state index in [-0.39, 0.29) is 18.1 Å². The summed E-state index contributed by atoms with van der Waals surface area (Å²) >= 11 is 0. The van der Waals surface area contributed by atoms with Crippen molar-refractivity contribution < 1.29 is 27.5 Å². The molecule has 0 atom stereocenters. The highest BCUT2D eigenvalue weighted by Gasteiger charge is 2.32. The van der Waals surface area contributed by atoms with Crippen LogP contribution in [0.15, 0.2) is 48.5 Å². The molecule has 2 amide bonds. The normalized spacial score (nSPS) is 14.1. The van der Waals surface area contributed by atoms with E-state index in [9.17, 15) is 22.8 Å². The van der Waals surface area contributed by atoms with Gasteiger partial charge in [0, 0.05) is 24.3 Å². The van der Waals surface area contributed by atoms with Crippen LogP contribution in [0.25, 0.3) is 0 Å².